The minimum absolute atomic E-state index is 0.132. The second-order valence-electron chi connectivity index (χ2n) is 11.7. The monoisotopic (exact) mass is 652 g/mol. The van der Waals surface area contributed by atoms with E-state index in [4.69, 9.17) is 25.9 Å². The number of nitrogens with one attached hydrogen (secondary N) is 4. The summed E-state index contributed by atoms with van der Waals surface area (Å²) < 4.78 is 6.25. The fraction of sp³-hybridized carbons (Fsp3) is 0.158. The molecule has 0 unspecified atom stereocenters. The normalized spacial score (nSPS) is 11.3. The van der Waals surface area contributed by atoms with Gasteiger partial charge in [0.2, 0.25) is 0 Å². The number of aromatic amines is 2. The molecule has 8 N–H and O–H groups in total. The molecule has 11 heteroatoms. The average molecular weight is 653 g/mol. The number of fused-ring (bicyclic) bond motifs is 2. The van der Waals surface area contributed by atoms with E-state index in [0.717, 1.165) is 80.3 Å². The van der Waals surface area contributed by atoms with E-state index in [1.165, 1.54) is 0 Å². The van der Waals surface area contributed by atoms with Crippen molar-refractivity contribution in [2.24, 2.45) is 11.5 Å². The molecule has 49 heavy (non-hydrogen) atoms. The summed E-state index contributed by atoms with van der Waals surface area (Å²) in [5.41, 5.74) is 19.1. The van der Waals surface area contributed by atoms with Gasteiger partial charge in [-0.3, -0.25) is 9.59 Å². The van der Waals surface area contributed by atoms with Gasteiger partial charge < -0.3 is 36.5 Å². The zero-order valence-electron chi connectivity index (χ0n) is 26.8. The van der Waals surface area contributed by atoms with Crippen LogP contribution in [0.3, 0.4) is 0 Å². The Morgan fingerprint density at radius 3 is 1.39 bits per heavy atom. The Hall–Kier alpha value is -6.04. The highest BCUT2D eigenvalue weighted by Crippen LogP contribution is 2.32. The number of hydrogen-bond donors (Lipinski definition) is 6. The standard InChI is InChI=1S/C38H36N8O3/c39-17-1-19-41-37(47)27-11-13-29-31(21-27)45-35(43-29)25-7-3-23(4-8-25)33-15-16-34(49-33)24-5-9-26(10-6-24)36-44-30-14-12-28(22-32(30)46-36)38(48)42-20-2-18-40/h3-16,21-22H,1-2,17-20,39-40H2,(H,41,47)(H,42,48)(H,43,45)(H,44,46). The molecule has 4 aromatic carbocycles. The van der Waals surface area contributed by atoms with Crippen LogP contribution in [0.25, 0.3) is 67.5 Å². The number of amides is 2. The van der Waals surface area contributed by atoms with Crippen LogP contribution in [0, 0.1) is 0 Å². The lowest BCUT2D eigenvalue weighted by Gasteiger charge is -2.03. The maximum Gasteiger partial charge on any atom is 0.251 e. The summed E-state index contributed by atoms with van der Waals surface area (Å²) in [6.07, 6.45) is 1.47. The summed E-state index contributed by atoms with van der Waals surface area (Å²) in [5.74, 6) is 2.67. The summed E-state index contributed by atoms with van der Waals surface area (Å²) in [4.78, 5) is 41.0. The molecule has 2 amide bonds. The van der Waals surface area contributed by atoms with Crippen LogP contribution in [0.5, 0.6) is 0 Å². The summed E-state index contributed by atoms with van der Waals surface area (Å²) in [7, 11) is 0. The van der Waals surface area contributed by atoms with E-state index in [0.29, 0.717) is 37.3 Å². The molecule has 0 radical (unpaired) electrons. The number of nitrogens with zero attached hydrogens (tertiary/aromatic N) is 2. The molecular weight excluding hydrogens is 616 g/mol. The molecule has 246 valence electrons. The summed E-state index contributed by atoms with van der Waals surface area (Å²) in [6.45, 7) is 2.16. The number of imidazole rings is 2. The van der Waals surface area contributed by atoms with Gasteiger partial charge in [0.05, 0.1) is 22.1 Å². The van der Waals surface area contributed by atoms with Crippen LogP contribution < -0.4 is 22.1 Å². The molecule has 0 spiro atoms. The first kappa shape index (κ1) is 31.6. The second kappa shape index (κ2) is 14.0. The zero-order chi connectivity index (χ0) is 33.7. The van der Waals surface area contributed by atoms with Crippen molar-refractivity contribution in [2.45, 2.75) is 12.8 Å². The minimum atomic E-state index is -0.132. The molecular formula is C38H36N8O3. The molecule has 11 nitrogen and oxygen atoms in total. The maximum absolute atomic E-state index is 12.5. The van der Waals surface area contributed by atoms with Crippen LogP contribution in [0.15, 0.2) is 101 Å². The number of benzene rings is 4. The Morgan fingerprint density at radius 2 is 0.980 bits per heavy atom. The highest BCUT2D eigenvalue weighted by molar-refractivity contribution is 5.98. The Labute approximate surface area is 282 Å². The van der Waals surface area contributed by atoms with Crippen molar-refractivity contribution in [3.8, 4) is 45.4 Å². The molecule has 7 aromatic rings. The van der Waals surface area contributed by atoms with E-state index in [9.17, 15) is 9.59 Å². The fourth-order valence-corrected chi connectivity index (χ4v) is 5.62. The van der Waals surface area contributed by atoms with E-state index in [2.05, 4.69) is 20.6 Å². The molecule has 3 heterocycles. The number of furan rings is 1. The number of carbonyl (C=O) groups is 2. The van der Waals surface area contributed by atoms with Gasteiger partial charge in [-0.25, -0.2) is 9.97 Å². The molecule has 3 aromatic heterocycles. The molecule has 0 aliphatic heterocycles. The Kier molecular flexibility index (Phi) is 9.00. The number of hydrogen-bond acceptors (Lipinski definition) is 7. The molecule has 0 saturated carbocycles. The molecule has 0 aliphatic carbocycles. The molecule has 7 rings (SSSR count). The lowest BCUT2D eigenvalue weighted by atomic mass is 10.1. The number of nitrogens with two attached hydrogens (primary N) is 2. The van der Waals surface area contributed by atoms with E-state index in [1.807, 2.05) is 84.9 Å². The van der Waals surface area contributed by atoms with Crippen molar-refractivity contribution >= 4 is 33.9 Å². The lowest BCUT2D eigenvalue weighted by molar-refractivity contribution is 0.0945. The Morgan fingerprint density at radius 1 is 0.571 bits per heavy atom. The number of H-pyrrole nitrogens is 2. The van der Waals surface area contributed by atoms with Gasteiger partial charge in [-0.1, -0.05) is 48.5 Å². The van der Waals surface area contributed by atoms with Crippen LogP contribution in [0.1, 0.15) is 33.6 Å². The van der Waals surface area contributed by atoms with Crippen molar-refractivity contribution in [1.82, 2.24) is 30.6 Å². The summed E-state index contributed by atoms with van der Waals surface area (Å²) >= 11 is 0. The van der Waals surface area contributed by atoms with Gasteiger partial charge in [-0.15, -0.1) is 0 Å². The zero-order valence-corrected chi connectivity index (χ0v) is 26.8. The average Bonchev–Trinajstić information content (AvgIpc) is 3.90. The minimum Gasteiger partial charge on any atom is -0.456 e. The molecule has 0 atom stereocenters. The van der Waals surface area contributed by atoms with E-state index in [-0.39, 0.29) is 11.8 Å². The molecule has 0 bridgehead atoms. The highest BCUT2D eigenvalue weighted by atomic mass is 16.3. The first-order chi connectivity index (χ1) is 24.0. The Bertz CT molecular complexity index is 2090. The molecule has 0 fully saturated rings. The van der Waals surface area contributed by atoms with Gasteiger partial charge in [-0.05, 0) is 74.5 Å². The van der Waals surface area contributed by atoms with Crippen LogP contribution in [0.2, 0.25) is 0 Å². The van der Waals surface area contributed by atoms with Gasteiger partial charge in [0.1, 0.15) is 23.2 Å². The molecule has 0 saturated heterocycles. The highest BCUT2D eigenvalue weighted by Gasteiger charge is 2.13. The summed E-state index contributed by atoms with van der Waals surface area (Å²) in [5, 5.41) is 5.76. The largest absolute Gasteiger partial charge is 0.456 e. The van der Waals surface area contributed by atoms with Gasteiger partial charge in [0.25, 0.3) is 11.8 Å². The maximum atomic E-state index is 12.5. The number of aromatic nitrogens is 4. The van der Waals surface area contributed by atoms with Crippen LogP contribution in [-0.2, 0) is 0 Å². The second-order valence-corrected chi connectivity index (χ2v) is 11.7. The number of rotatable bonds is 12. The van der Waals surface area contributed by atoms with Gasteiger partial charge in [-0.2, -0.15) is 0 Å². The quantitative estimate of drug-likeness (QED) is 0.0895. The fourth-order valence-electron chi connectivity index (χ4n) is 5.62. The van der Waals surface area contributed by atoms with Crippen LogP contribution in [-0.4, -0.2) is 57.9 Å². The summed E-state index contributed by atoms with van der Waals surface area (Å²) in [6, 6.07) is 30.8. The topological polar surface area (TPSA) is 181 Å². The van der Waals surface area contributed by atoms with Crippen molar-refractivity contribution in [3.05, 3.63) is 108 Å². The first-order valence-corrected chi connectivity index (χ1v) is 16.3. The third-order valence-electron chi connectivity index (χ3n) is 8.31. The first-order valence-electron chi connectivity index (χ1n) is 16.3. The number of carbonyl (C=O) groups excluding carboxylic acids is 2. The smallest absolute Gasteiger partial charge is 0.251 e. The third-order valence-corrected chi connectivity index (χ3v) is 8.31. The SMILES string of the molecule is NCCCNC(=O)c1ccc2nc(-c3ccc(-c4ccc(-c5ccc(-c6nc7ccc(C(=O)NCCCN)cc7[nH]6)cc5)o4)cc3)[nH]c2c1. The van der Waals surface area contributed by atoms with Crippen LogP contribution >= 0.6 is 0 Å². The Balaban J connectivity index is 1.02. The van der Waals surface area contributed by atoms with Crippen molar-refractivity contribution in [3.63, 3.8) is 0 Å². The predicted molar refractivity (Wildman–Crippen MR) is 192 cm³/mol. The van der Waals surface area contributed by atoms with Crippen molar-refractivity contribution in [1.29, 1.82) is 0 Å². The molecule has 0 aliphatic rings. The van der Waals surface area contributed by atoms with Crippen molar-refractivity contribution in [2.75, 3.05) is 26.2 Å². The van der Waals surface area contributed by atoms with Crippen molar-refractivity contribution < 1.29 is 14.0 Å². The van der Waals surface area contributed by atoms with Crippen LogP contribution in [0.4, 0.5) is 0 Å². The third kappa shape index (κ3) is 6.84. The lowest BCUT2D eigenvalue weighted by Crippen LogP contribution is -2.25. The van der Waals surface area contributed by atoms with Gasteiger partial charge in [0.15, 0.2) is 0 Å². The van der Waals surface area contributed by atoms with E-state index < -0.39 is 0 Å². The van der Waals surface area contributed by atoms with E-state index >= 15 is 0 Å². The van der Waals surface area contributed by atoms with Gasteiger partial charge >= 0.3 is 0 Å². The van der Waals surface area contributed by atoms with Gasteiger partial charge in [0, 0.05) is 46.5 Å². The predicted octanol–water partition coefficient (Wildman–Crippen LogP) is 5.86. The van der Waals surface area contributed by atoms with E-state index in [1.54, 1.807) is 12.1 Å².